The van der Waals surface area contributed by atoms with E-state index in [1.807, 2.05) is 6.92 Å². The van der Waals surface area contributed by atoms with Crippen LogP contribution in [-0.2, 0) is 4.74 Å². The summed E-state index contributed by atoms with van der Waals surface area (Å²) in [6, 6.07) is 4.34. The van der Waals surface area contributed by atoms with E-state index >= 15 is 0 Å². The van der Waals surface area contributed by atoms with Crippen LogP contribution in [0.3, 0.4) is 0 Å². The highest BCUT2D eigenvalue weighted by Gasteiger charge is 2.43. The van der Waals surface area contributed by atoms with E-state index in [9.17, 15) is 0 Å². The van der Waals surface area contributed by atoms with Crippen LogP contribution in [0.25, 0.3) is 0 Å². The van der Waals surface area contributed by atoms with Gasteiger partial charge < -0.3 is 15.8 Å². The Morgan fingerprint density at radius 3 is 2.42 bits per heavy atom. The quantitative estimate of drug-likeness (QED) is 0.872. The highest BCUT2D eigenvalue weighted by molar-refractivity contribution is 9.10. The minimum atomic E-state index is 0.00649. The van der Waals surface area contributed by atoms with Crippen LogP contribution >= 0.6 is 15.9 Å². The lowest BCUT2D eigenvalue weighted by molar-refractivity contribution is -0.0271. The number of hydrogen-bond donors (Lipinski definition) is 2. The van der Waals surface area contributed by atoms with Gasteiger partial charge in [0.25, 0.3) is 0 Å². The number of ether oxygens (including phenoxy) is 1. The fraction of sp³-hybridized carbons (Fsp3) is 0.600. The summed E-state index contributed by atoms with van der Waals surface area (Å²) < 4.78 is 6.82. The molecule has 1 aromatic carbocycles. The average Bonchev–Trinajstić information content (AvgIpc) is 2.33. The molecule has 0 amide bonds. The summed E-state index contributed by atoms with van der Waals surface area (Å²) in [7, 11) is 0. The van der Waals surface area contributed by atoms with Crippen LogP contribution in [-0.4, -0.2) is 24.8 Å². The van der Waals surface area contributed by atoms with Crippen molar-refractivity contribution in [3.8, 4) is 0 Å². The number of nitrogens with one attached hydrogen (secondary N) is 1. The number of anilines is 1. The third-order valence-electron chi connectivity index (χ3n) is 3.88. The summed E-state index contributed by atoms with van der Waals surface area (Å²) >= 11 is 3.60. The van der Waals surface area contributed by atoms with Gasteiger partial charge in [-0.25, -0.2) is 0 Å². The predicted octanol–water partition coefficient (Wildman–Crippen LogP) is 3.37. The Kier molecular flexibility index (Phi) is 4.54. The fourth-order valence-corrected chi connectivity index (χ4v) is 3.04. The zero-order valence-electron chi connectivity index (χ0n) is 11.9. The van der Waals surface area contributed by atoms with Crippen LogP contribution in [0.1, 0.15) is 30.9 Å². The molecule has 1 fully saturated rings. The molecule has 0 atom stereocenters. The smallest absolute Gasteiger partial charge is 0.0620 e. The van der Waals surface area contributed by atoms with Gasteiger partial charge in [0, 0.05) is 23.3 Å². The standard InChI is InChI=1S/C15H23BrN2O/c1-4-19-13-7-15(8-13,9-17)18-12-5-10(2)14(16)11(3)6-12/h5-6,13,18H,4,7-9,17H2,1-3H3. The van der Waals surface area contributed by atoms with E-state index in [0.29, 0.717) is 12.6 Å². The van der Waals surface area contributed by atoms with Crippen molar-refractivity contribution in [2.75, 3.05) is 18.5 Å². The fourth-order valence-electron chi connectivity index (χ4n) is 2.81. The molecule has 1 aromatic rings. The van der Waals surface area contributed by atoms with Crippen molar-refractivity contribution in [3.63, 3.8) is 0 Å². The lowest BCUT2D eigenvalue weighted by atomic mass is 9.74. The Hall–Kier alpha value is -0.580. The van der Waals surface area contributed by atoms with Gasteiger partial charge in [-0.1, -0.05) is 15.9 Å². The minimum Gasteiger partial charge on any atom is -0.378 e. The monoisotopic (exact) mass is 326 g/mol. The van der Waals surface area contributed by atoms with E-state index in [0.717, 1.165) is 25.1 Å². The van der Waals surface area contributed by atoms with Crippen LogP contribution in [0.5, 0.6) is 0 Å². The molecule has 0 saturated heterocycles. The molecule has 3 nitrogen and oxygen atoms in total. The van der Waals surface area contributed by atoms with Crippen LogP contribution in [0.2, 0.25) is 0 Å². The Balaban J connectivity index is 2.08. The van der Waals surface area contributed by atoms with Gasteiger partial charge in [-0.2, -0.15) is 0 Å². The second-order valence-electron chi connectivity index (χ2n) is 5.52. The van der Waals surface area contributed by atoms with E-state index in [-0.39, 0.29) is 5.54 Å². The van der Waals surface area contributed by atoms with Crippen LogP contribution in [0.4, 0.5) is 5.69 Å². The largest absolute Gasteiger partial charge is 0.378 e. The van der Waals surface area contributed by atoms with E-state index in [1.165, 1.54) is 15.6 Å². The van der Waals surface area contributed by atoms with Gasteiger partial charge in [0.15, 0.2) is 0 Å². The first-order chi connectivity index (χ1) is 8.99. The molecular weight excluding hydrogens is 304 g/mol. The Labute approximate surface area is 124 Å². The predicted molar refractivity (Wildman–Crippen MR) is 83.7 cm³/mol. The third-order valence-corrected chi connectivity index (χ3v) is 5.13. The maximum atomic E-state index is 5.95. The molecule has 0 heterocycles. The van der Waals surface area contributed by atoms with Gasteiger partial charge in [0.1, 0.15) is 0 Å². The highest BCUT2D eigenvalue weighted by atomic mass is 79.9. The molecule has 3 N–H and O–H groups in total. The van der Waals surface area contributed by atoms with Crippen LogP contribution in [0.15, 0.2) is 16.6 Å². The van der Waals surface area contributed by atoms with Gasteiger partial charge in [-0.3, -0.25) is 0 Å². The average molecular weight is 327 g/mol. The van der Waals surface area contributed by atoms with Crippen molar-refractivity contribution in [2.24, 2.45) is 5.73 Å². The molecule has 2 rings (SSSR count). The number of nitrogens with two attached hydrogens (primary N) is 1. The molecule has 0 aliphatic heterocycles. The molecule has 4 heteroatoms. The topological polar surface area (TPSA) is 47.3 Å². The first-order valence-electron chi connectivity index (χ1n) is 6.86. The lowest BCUT2D eigenvalue weighted by Crippen LogP contribution is -2.58. The highest BCUT2D eigenvalue weighted by Crippen LogP contribution is 2.38. The molecule has 0 radical (unpaired) electrons. The van der Waals surface area contributed by atoms with E-state index < -0.39 is 0 Å². The zero-order chi connectivity index (χ0) is 14.0. The summed E-state index contributed by atoms with van der Waals surface area (Å²) in [5, 5.41) is 3.61. The molecule has 0 unspecified atom stereocenters. The molecule has 0 aromatic heterocycles. The van der Waals surface area contributed by atoms with E-state index in [4.69, 9.17) is 10.5 Å². The summed E-state index contributed by atoms with van der Waals surface area (Å²) in [6.07, 6.45) is 2.34. The molecule has 1 aliphatic rings. The molecule has 0 spiro atoms. The first-order valence-corrected chi connectivity index (χ1v) is 7.65. The molecule has 19 heavy (non-hydrogen) atoms. The summed E-state index contributed by atoms with van der Waals surface area (Å²) in [5.74, 6) is 0. The lowest BCUT2D eigenvalue weighted by Gasteiger charge is -2.48. The van der Waals surface area contributed by atoms with Crippen molar-refractivity contribution < 1.29 is 4.74 Å². The number of aryl methyl sites for hydroxylation is 2. The minimum absolute atomic E-state index is 0.00649. The molecule has 0 bridgehead atoms. The van der Waals surface area contributed by atoms with Crippen molar-refractivity contribution in [1.29, 1.82) is 0 Å². The Morgan fingerprint density at radius 1 is 1.37 bits per heavy atom. The number of halogens is 1. The van der Waals surface area contributed by atoms with Gasteiger partial charge in [0.05, 0.1) is 11.6 Å². The van der Waals surface area contributed by atoms with E-state index in [2.05, 4.69) is 47.2 Å². The number of benzene rings is 1. The van der Waals surface area contributed by atoms with Gasteiger partial charge >= 0.3 is 0 Å². The summed E-state index contributed by atoms with van der Waals surface area (Å²) in [6.45, 7) is 7.69. The van der Waals surface area contributed by atoms with Crippen molar-refractivity contribution in [2.45, 2.75) is 45.3 Å². The molecule has 106 valence electrons. The molecular formula is C15H23BrN2O. The first kappa shape index (κ1) is 14.8. The summed E-state index contributed by atoms with van der Waals surface area (Å²) in [4.78, 5) is 0. The summed E-state index contributed by atoms with van der Waals surface area (Å²) in [5.41, 5.74) is 9.60. The molecule has 1 saturated carbocycles. The van der Waals surface area contributed by atoms with Crippen LogP contribution < -0.4 is 11.1 Å². The Bertz CT molecular complexity index is 432. The maximum absolute atomic E-state index is 5.95. The van der Waals surface area contributed by atoms with Crippen molar-refractivity contribution >= 4 is 21.6 Å². The number of hydrogen-bond acceptors (Lipinski definition) is 3. The second kappa shape index (κ2) is 5.81. The third kappa shape index (κ3) is 3.12. The van der Waals surface area contributed by atoms with Crippen LogP contribution in [0, 0.1) is 13.8 Å². The normalized spacial score (nSPS) is 26.1. The van der Waals surface area contributed by atoms with Crippen molar-refractivity contribution in [1.82, 2.24) is 0 Å². The second-order valence-corrected chi connectivity index (χ2v) is 6.31. The van der Waals surface area contributed by atoms with Gasteiger partial charge in [-0.05, 0) is 56.9 Å². The van der Waals surface area contributed by atoms with E-state index in [1.54, 1.807) is 0 Å². The SMILES string of the molecule is CCOC1CC(CN)(Nc2cc(C)c(Br)c(C)c2)C1. The maximum Gasteiger partial charge on any atom is 0.0620 e. The molecule has 1 aliphatic carbocycles. The van der Waals surface area contributed by atoms with Gasteiger partial charge in [0.2, 0.25) is 0 Å². The zero-order valence-corrected chi connectivity index (χ0v) is 13.5. The van der Waals surface area contributed by atoms with Crippen molar-refractivity contribution in [3.05, 3.63) is 27.7 Å². The number of rotatable bonds is 5. The van der Waals surface area contributed by atoms with Gasteiger partial charge in [-0.15, -0.1) is 0 Å². The Morgan fingerprint density at radius 2 is 1.95 bits per heavy atom.